The summed E-state index contributed by atoms with van der Waals surface area (Å²) in [5, 5.41) is 6.92. The van der Waals surface area contributed by atoms with E-state index in [4.69, 9.17) is 4.74 Å². The molecular formula is C16H22N4O2. The SMILES string of the molecule is COc1ccccc1CC(C)N(C)C(=O)Nc1ccn(C)n1. The summed E-state index contributed by atoms with van der Waals surface area (Å²) >= 11 is 0. The van der Waals surface area contributed by atoms with Crippen LogP contribution >= 0.6 is 0 Å². The highest BCUT2D eigenvalue weighted by molar-refractivity contribution is 5.88. The number of anilines is 1. The summed E-state index contributed by atoms with van der Waals surface area (Å²) in [6.45, 7) is 2.00. The second-order valence-electron chi connectivity index (χ2n) is 5.28. The number of amides is 2. The molecular weight excluding hydrogens is 280 g/mol. The van der Waals surface area contributed by atoms with E-state index >= 15 is 0 Å². The molecule has 6 heteroatoms. The van der Waals surface area contributed by atoms with Gasteiger partial charge in [-0.15, -0.1) is 0 Å². The van der Waals surface area contributed by atoms with Crippen molar-refractivity contribution in [3.63, 3.8) is 0 Å². The molecule has 0 aliphatic heterocycles. The van der Waals surface area contributed by atoms with Gasteiger partial charge in [0.05, 0.1) is 7.11 Å². The third-order valence-corrected chi connectivity index (χ3v) is 3.64. The Balaban J connectivity index is 1.99. The van der Waals surface area contributed by atoms with Crippen molar-refractivity contribution in [3.05, 3.63) is 42.1 Å². The summed E-state index contributed by atoms with van der Waals surface area (Å²) in [7, 11) is 5.24. The molecule has 0 radical (unpaired) electrons. The number of aryl methyl sites for hydroxylation is 1. The number of methoxy groups -OCH3 is 1. The minimum absolute atomic E-state index is 0.0278. The topological polar surface area (TPSA) is 59.4 Å². The van der Waals surface area contributed by atoms with Crippen molar-refractivity contribution in [2.75, 3.05) is 19.5 Å². The zero-order valence-corrected chi connectivity index (χ0v) is 13.4. The number of nitrogens with one attached hydrogen (secondary N) is 1. The number of urea groups is 1. The second kappa shape index (κ2) is 6.98. The smallest absolute Gasteiger partial charge is 0.323 e. The molecule has 0 bridgehead atoms. The molecule has 1 aromatic carbocycles. The van der Waals surface area contributed by atoms with Crippen LogP contribution in [-0.2, 0) is 13.5 Å². The molecule has 1 heterocycles. The van der Waals surface area contributed by atoms with Gasteiger partial charge in [-0.25, -0.2) is 4.79 Å². The van der Waals surface area contributed by atoms with E-state index in [1.165, 1.54) is 0 Å². The van der Waals surface area contributed by atoms with Gasteiger partial charge in [-0.3, -0.25) is 10.00 Å². The van der Waals surface area contributed by atoms with Crippen molar-refractivity contribution < 1.29 is 9.53 Å². The van der Waals surface area contributed by atoms with Crippen LogP contribution in [0.25, 0.3) is 0 Å². The Morgan fingerprint density at radius 1 is 1.41 bits per heavy atom. The highest BCUT2D eigenvalue weighted by Crippen LogP contribution is 2.20. The van der Waals surface area contributed by atoms with Crippen molar-refractivity contribution in [3.8, 4) is 5.75 Å². The zero-order chi connectivity index (χ0) is 16.1. The number of nitrogens with zero attached hydrogens (tertiary/aromatic N) is 3. The van der Waals surface area contributed by atoms with Crippen molar-refractivity contribution in [1.82, 2.24) is 14.7 Å². The van der Waals surface area contributed by atoms with Crippen LogP contribution in [0.2, 0.25) is 0 Å². The maximum absolute atomic E-state index is 12.2. The average Bonchev–Trinajstić information content (AvgIpc) is 2.92. The first-order valence-electron chi connectivity index (χ1n) is 7.16. The molecule has 1 N–H and O–H groups in total. The zero-order valence-electron chi connectivity index (χ0n) is 13.4. The van der Waals surface area contributed by atoms with Crippen molar-refractivity contribution >= 4 is 11.8 Å². The van der Waals surface area contributed by atoms with Gasteiger partial charge < -0.3 is 9.64 Å². The van der Waals surface area contributed by atoms with Crippen LogP contribution in [0.4, 0.5) is 10.6 Å². The van der Waals surface area contributed by atoms with E-state index in [9.17, 15) is 4.79 Å². The molecule has 0 aliphatic carbocycles. The van der Waals surface area contributed by atoms with E-state index in [0.29, 0.717) is 5.82 Å². The highest BCUT2D eigenvalue weighted by Gasteiger charge is 2.18. The molecule has 2 amide bonds. The lowest BCUT2D eigenvalue weighted by molar-refractivity contribution is 0.207. The van der Waals surface area contributed by atoms with Gasteiger partial charge in [0.2, 0.25) is 0 Å². The summed E-state index contributed by atoms with van der Waals surface area (Å²) in [6, 6.07) is 9.45. The van der Waals surface area contributed by atoms with Crippen molar-refractivity contribution in [2.45, 2.75) is 19.4 Å². The monoisotopic (exact) mass is 302 g/mol. The van der Waals surface area contributed by atoms with Crippen LogP contribution in [-0.4, -0.2) is 40.9 Å². The lowest BCUT2D eigenvalue weighted by atomic mass is 10.1. The Hall–Kier alpha value is -2.50. The van der Waals surface area contributed by atoms with Crippen LogP contribution in [0, 0.1) is 0 Å². The lowest BCUT2D eigenvalue weighted by Gasteiger charge is -2.25. The number of para-hydroxylation sites is 1. The van der Waals surface area contributed by atoms with Crippen LogP contribution in [0.1, 0.15) is 12.5 Å². The number of carbonyl (C=O) groups is 1. The first-order chi connectivity index (χ1) is 10.5. The van der Waals surface area contributed by atoms with E-state index in [2.05, 4.69) is 10.4 Å². The molecule has 0 aliphatic rings. The van der Waals surface area contributed by atoms with Gasteiger partial charge in [-0.2, -0.15) is 5.10 Å². The van der Waals surface area contributed by atoms with E-state index < -0.39 is 0 Å². The quantitative estimate of drug-likeness (QED) is 0.923. The molecule has 22 heavy (non-hydrogen) atoms. The number of aromatic nitrogens is 2. The number of carbonyl (C=O) groups excluding carboxylic acids is 1. The molecule has 0 spiro atoms. The predicted octanol–water partition coefficient (Wildman–Crippen LogP) is 2.52. The molecule has 1 atom stereocenters. The summed E-state index contributed by atoms with van der Waals surface area (Å²) in [5.74, 6) is 1.39. The number of ether oxygens (including phenoxy) is 1. The van der Waals surface area contributed by atoms with Gasteiger partial charge in [0.25, 0.3) is 0 Å². The van der Waals surface area contributed by atoms with E-state index in [1.807, 2.05) is 38.2 Å². The molecule has 6 nitrogen and oxygen atoms in total. The van der Waals surface area contributed by atoms with Crippen LogP contribution in [0.3, 0.4) is 0 Å². The van der Waals surface area contributed by atoms with Crippen LogP contribution in [0.15, 0.2) is 36.5 Å². The van der Waals surface area contributed by atoms with Gasteiger partial charge in [-0.1, -0.05) is 18.2 Å². The Labute approximate surface area is 130 Å². The first kappa shape index (κ1) is 15.9. The van der Waals surface area contributed by atoms with Gasteiger partial charge in [0.15, 0.2) is 5.82 Å². The Kier molecular flexibility index (Phi) is 5.04. The molecule has 0 fully saturated rings. The minimum Gasteiger partial charge on any atom is -0.496 e. The highest BCUT2D eigenvalue weighted by atomic mass is 16.5. The Morgan fingerprint density at radius 2 is 2.14 bits per heavy atom. The fraction of sp³-hybridized carbons (Fsp3) is 0.375. The molecule has 1 unspecified atom stereocenters. The van der Waals surface area contributed by atoms with Crippen LogP contribution in [0.5, 0.6) is 5.75 Å². The first-order valence-corrected chi connectivity index (χ1v) is 7.16. The standard InChI is InChI=1S/C16H22N4O2/c1-12(11-13-7-5-6-8-14(13)22-4)20(3)16(21)17-15-9-10-19(2)18-15/h5-10,12H,11H2,1-4H3,(H,17,18,21). The Bertz CT molecular complexity index is 639. The predicted molar refractivity (Wildman–Crippen MR) is 86.1 cm³/mol. The molecule has 1 aromatic heterocycles. The van der Waals surface area contributed by atoms with E-state index in [1.54, 1.807) is 36.0 Å². The van der Waals surface area contributed by atoms with Gasteiger partial charge >= 0.3 is 6.03 Å². The summed E-state index contributed by atoms with van der Waals surface area (Å²) in [5.41, 5.74) is 1.08. The summed E-state index contributed by atoms with van der Waals surface area (Å²) in [6.07, 6.45) is 2.50. The van der Waals surface area contributed by atoms with E-state index in [0.717, 1.165) is 17.7 Å². The fourth-order valence-corrected chi connectivity index (χ4v) is 2.21. The van der Waals surface area contributed by atoms with Gasteiger partial charge in [0, 0.05) is 32.4 Å². The maximum Gasteiger partial charge on any atom is 0.323 e. The largest absolute Gasteiger partial charge is 0.496 e. The van der Waals surface area contributed by atoms with E-state index in [-0.39, 0.29) is 12.1 Å². The number of hydrogen-bond acceptors (Lipinski definition) is 3. The normalized spacial score (nSPS) is 11.8. The number of hydrogen-bond donors (Lipinski definition) is 1. The number of likely N-dealkylation sites (N-methyl/N-ethyl adjacent to an activating group) is 1. The fourth-order valence-electron chi connectivity index (χ4n) is 2.21. The van der Waals surface area contributed by atoms with Crippen LogP contribution < -0.4 is 10.1 Å². The molecule has 2 rings (SSSR count). The third-order valence-electron chi connectivity index (χ3n) is 3.64. The second-order valence-corrected chi connectivity index (χ2v) is 5.28. The summed E-state index contributed by atoms with van der Waals surface area (Å²) in [4.78, 5) is 13.9. The maximum atomic E-state index is 12.2. The van der Waals surface area contributed by atoms with Gasteiger partial charge in [-0.05, 0) is 25.0 Å². The molecule has 0 saturated carbocycles. The number of benzene rings is 1. The summed E-state index contributed by atoms with van der Waals surface area (Å²) < 4.78 is 7.00. The Morgan fingerprint density at radius 3 is 2.77 bits per heavy atom. The molecule has 118 valence electrons. The number of rotatable bonds is 5. The van der Waals surface area contributed by atoms with Crippen molar-refractivity contribution in [1.29, 1.82) is 0 Å². The van der Waals surface area contributed by atoms with Gasteiger partial charge in [0.1, 0.15) is 5.75 Å². The molecule has 0 saturated heterocycles. The average molecular weight is 302 g/mol. The molecule has 2 aromatic rings. The lowest BCUT2D eigenvalue weighted by Crippen LogP contribution is -2.39. The third kappa shape index (κ3) is 3.78. The minimum atomic E-state index is -0.180. The van der Waals surface area contributed by atoms with Crippen molar-refractivity contribution in [2.24, 2.45) is 7.05 Å².